The number of nitrogens with one attached hydrogen (secondary N) is 1. The summed E-state index contributed by atoms with van der Waals surface area (Å²) in [5.74, 6) is -0.838. The number of hydrogen-bond donors (Lipinski definition) is 1. The summed E-state index contributed by atoms with van der Waals surface area (Å²) in [6.07, 6.45) is -0.865. The third kappa shape index (κ3) is 3.85. The van der Waals surface area contributed by atoms with Gasteiger partial charge in [-0.1, -0.05) is 36.4 Å². The number of H-pyrrole nitrogens is 1. The van der Waals surface area contributed by atoms with Crippen molar-refractivity contribution in [2.75, 3.05) is 22.9 Å². The molecule has 0 amide bonds. The normalized spacial score (nSPS) is 27.9. The molecule has 4 unspecified atom stereocenters. The van der Waals surface area contributed by atoms with E-state index in [-0.39, 0.29) is 6.17 Å². The molecule has 3 fully saturated rings. The van der Waals surface area contributed by atoms with Gasteiger partial charge in [0.1, 0.15) is 24.5 Å². The van der Waals surface area contributed by atoms with Gasteiger partial charge < -0.3 is 24.0 Å². The number of benzene rings is 2. The molecular weight excluding hydrogens is 448 g/mol. The van der Waals surface area contributed by atoms with Crippen LogP contribution in [-0.2, 0) is 14.2 Å². The van der Waals surface area contributed by atoms with Crippen LogP contribution in [0.4, 0.5) is 11.4 Å². The molecule has 3 aromatic rings. The molecule has 2 aromatic carbocycles. The van der Waals surface area contributed by atoms with Crippen LogP contribution in [0.25, 0.3) is 0 Å². The topological polar surface area (TPSA) is 89.0 Å². The molecule has 3 aliphatic heterocycles. The van der Waals surface area contributed by atoms with Gasteiger partial charge in [0.25, 0.3) is 5.56 Å². The summed E-state index contributed by atoms with van der Waals surface area (Å²) in [7, 11) is 0. The van der Waals surface area contributed by atoms with Crippen molar-refractivity contribution >= 4 is 11.4 Å². The Kier molecular flexibility index (Phi) is 5.28. The second kappa shape index (κ2) is 8.37. The molecule has 4 atom stereocenters. The molecule has 182 valence electrons. The van der Waals surface area contributed by atoms with Crippen LogP contribution in [0.5, 0.6) is 0 Å². The maximum absolute atomic E-state index is 12.7. The van der Waals surface area contributed by atoms with E-state index in [0.29, 0.717) is 0 Å². The molecular formula is C26H28N4O5. The number of ether oxygens (including phenoxy) is 3. The number of nitrogens with zero attached hydrogens (tertiary/aromatic N) is 3. The Morgan fingerprint density at radius 2 is 1.37 bits per heavy atom. The average molecular weight is 477 g/mol. The number of aromatic amines is 1. The monoisotopic (exact) mass is 476 g/mol. The molecule has 3 saturated heterocycles. The van der Waals surface area contributed by atoms with Crippen molar-refractivity contribution in [3.63, 3.8) is 0 Å². The van der Waals surface area contributed by atoms with E-state index in [4.69, 9.17) is 14.2 Å². The van der Waals surface area contributed by atoms with Gasteiger partial charge in [0, 0.05) is 36.7 Å². The second-order valence-corrected chi connectivity index (χ2v) is 9.54. The van der Waals surface area contributed by atoms with E-state index >= 15 is 0 Å². The molecule has 35 heavy (non-hydrogen) atoms. The fourth-order valence-electron chi connectivity index (χ4n) is 5.50. The van der Waals surface area contributed by atoms with Gasteiger partial charge in [0.15, 0.2) is 12.0 Å². The first-order valence-corrected chi connectivity index (χ1v) is 11.9. The predicted molar refractivity (Wildman–Crippen MR) is 130 cm³/mol. The molecule has 0 radical (unpaired) electrons. The lowest BCUT2D eigenvalue weighted by molar-refractivity contribution is -0.199. The standard InChI is InChI=1S/C26H28N4O5/c1-26(2)34-20-21(33-24(22(20)35-26)30-14-13-19(31)27-25(30)32)23-28(17-9-5-3-6-10-17)15-16-29(23)18-11-7-4-8-12-18/h3-14,20-24H,15-16H2,1-2H3,(H,27,31,32). The molecule has 0 saturated carbocycles. The zero-order valence-corrected chi connectivity index (χ0v) is 19.6. The maximum Gasteiger partial charge on any atom is 0.330 e. The van der Waals surface area contributed by atoms with Gasteiger partial charge in [-0.25, -0.2) is 4.79 Å². The van der Waals surface area contributed by atoms with Crippen molar-refractivity contribution in [1.82, 2.24) is 9.55 Å². The van der Waals surface area contributed by atoms with E-state index in [1.54, 1.807) is 0 Å². The van der Waals surface area contributed by atoms with Crippen molar-refractivity contribution in [3.05, 3.63) is 93.8 Å². The molecule has 6 rings (SSSR count). The minimum Gasteiger partial charge on any atom is -0.347 e. The number of aromatic nitrogens is 2. The summed E-state index contributed by atoms with van der Waals surface area (Å²) >= 11 is 0. The van der Waals surface area contributed by atoms with Crippen molar-refractivity contribution in [1.29, 1.82) is 0 Å². The molecule has 0 spiro atoms. The van der Waals surface area contributed by atoms with E-state index in [1.165, 1.54) is 16.8 Å². The summed E-state index contributed by atoms with van der Waals surface area (Å²) in [5.41, 5.74) is 1.17. The molecule has 9 nitrogen and oxygen atoms in total. The van der Waals surface area contributed by atoms with E-state index in [2.05, 4.69) is 39.0 Å². The predicted octanol–water partition coefficient (Wildman–Crippen LogP) is 2.31. The average Bonchev–Trinajstić information content (AvgIpc) is 3.51. The smallest absolute Gasteiger partial charge is 0.330 e. The Morgan fingerprint density at radius 1 is 0.800 bits per heavy atom. The van der Waals surface area contributed by atoms with Crippen LogP contribution >= 0.6 is 0 Å². The maximum atomic E-state index is 12.7. The molecule has 0 bridgehead atoms. The molecule has 4 heterocycles. The molecule has 3 aliphatic rings. The van der Waals surface area contributed by atoms with Gasteiger partial charge in [-0.05, 0) is 38.1 Å². The van der Waals surface area contributed by atoms with Gasteiger partial charge in [0.2, 0.25) is 0 Å². The van der Waals surface area contributed by atoms with E-state index in [9.17, 15) is 9.59 Å². The number of fused-ring (bicyclic) bond motifs is 1. The highest BCUT2D eigenvalue weighted by molar-refractivity contribution is 5.57. The SMILES string of the molecule is CC1(C)OC2C(C3N(c4ccccc4)CCN3c3ccccc3)OC(n3ccc(=O)[nH]c3=O)C2O1. The van der Waals surface area contributed by atoms with Crippen molar-refractivity contribution in [2.24, 2.45) is 0 Å². The van der Waals surface area contributed by atoms with Crippen LogP contribution in [0.2, 0.25) is 0 Å². The highest BCUT2D eigenvalue weighted by Gasteiger charge is 2.60. The first-order chi connectivity index (χ1) is 16.9. The van der Waals surface area contributed by atoms with Crippen LogP contribution < -0.4 is 21.0 Å². The number of hydrogen-bond acceptors (Lipinski definition) is 7. The van der Waals surface area contributed by atoms with E-state index < -0.39 is 41.6 Å². The zero-order valence-electron chi connectivity index (χ0n) is 19.6. The summed E-state index contributed by atoms with van der Waals surface area (Å²) < 4.78 is 20.7. The largest absolute Gasteiger partial charge is 0.347 e. The number of para-hydroxylation sites is 2. The van der Waals surface area contributed by atoms with Crippen molar-refractivity contribution in [3.8, 4) is 0 Å². The Bertz CT molecular complexity index is 1260. The van der Waals surface area contributed by atoms with Crippen LogP contribution in [0, 0.1) is 0 Å². The van der Waals surface area contributed by atoms with Gasteiger partial charge in [-0.3, -0.25) is 14.3 Å². The van der Waals surface area contributed by atoms with Gasteiger partial charge in [-0.2, -0.15) is 0 Å². The summed E-state index contributed by atoms with van der Waals surface area (Å²) in [4.78, 5) is 31.3. The highest BCUT2D eigenvalue weighted by atomic mass is 16.8. The first kappa shape index (κ1) is 22.1. The first-order valence-electron chi connectivity index (χ1n) is 11.9. The fraction of sp³-hybridized carbons (Fsp3) is 0.385. The summed E-state index contributed by atoms with van der Waals surface area (Å²) in [6, 6.07) is 21.8. The van der Waals surface area contributed by atoms with Crippen LogP contribution in [0.3, 0.4) is 0 Å². The Labute approximate surface area is 202 Å². The van der Waals surface area contributed by atoms with Crippen molar-refractivity contribution in [2.45, 2.75) is 50.3 Å². The van der Waals surface area contributed by atoms with Gasteiger partial charge in [-0.15, -0.1) is 0 Å². The van der Waals surface area contributed by atoms with Crippen LogP contribution in [0.1, 0.15) is 20.1 Å². The summed E-state index contributed by atoms with van der Waals surface area (Å²) in [6.45, 7) is 5.34. The lowest BCUT2D eigenvalue weighted by Crippen LogP contribution is -2.53. The van der Waals surface area contributed by atoms with Crippen molar-refractivity contribution < 1.29 is 14.2 Å². The third-order valence-corrected chi connectivity index (χ3v) is 6.88. The third-order valence-electron chi connectivity index (χ3n) is 6.88. The highest BCUT2D eigenvalue weighted by Crippen LogP contribution is 2.46. The molecule has 1 aromatic heterocycles. The Balaban J connectivity index is 1.44. The second-order valence-electron chi connectivity index (χ2n) is 9.54. The van der Waals surface area contributed by atoms with Crippen LogP contribution in [-0.4, -0.2) is 52.9 Å². The minimum absolute atomic E-state index is 0.201. The zero-order chi connectivity index (χ0) is 24.2. The van der Waals surface area contributed by atoms with Gasteiger partial charge in [0.05, 0.1) is 0 Å². The lowest BCUT2D eigenvalue weighted by Gasteiger charge is -2.38. The quantitative estimate of drug-likeness (QED) is 0.618. The minimum atomic E-state index is -0.838. The fourth-order valence-corrected chi connectivity index (χ4v) is 5.50. The van der Waals surface area contributed by atoms with Crippen LogP contribution in [0.15, 0.2) is 82.5 Å². The van der Waals surface area contributed by atoms with E-state index in [1.807, 2.05) is 50.2 Å². The van der Waals surface area contributed by atoms with Gasteiger partial charge >= 0.3 is 5.69 Å². The lowest BCUT2D eigenvalue weighted by atomic mass is 10.1. The van der Waals surface area contributed by atoms with E-state index in [0.717, 1.165) is 24.5 Å². The Morgan fingerprint density at radius 3 is 1.94 bits per heavy atom. The number of anilines is 2. The number of rotatable bonds is 4. The molecule has 0 aliphatic carbocycles. The summed E-state index contributed by atoms with van der Waals surface area (Å²) in [5, 5.41) is 0. The molecule has 9 heteroatoms. The molecule has 1 N–H and O–H groups in total. The Hall–Kier alpha value is -3.40.